The molecule has 0 aliphatic rings. The Morgan fingerprint density at radius 3 is 2.62 bits per heavy atom. The summed E-state index contributed by atoms with van der Waals surface area (Å²) in [6.07, 6.45) is 1.43. The molecular formula is C8H9N3O2. The molecule has 1 heterocycles. The smallest absolute Gasteiger partial charge is 0.318 e. The van der Waals surface area contributed by atoms with Crippen LogP contribution in [0.3, 0.4) is 0 Å². The maximum atomic E-state index is 10.0. The summed E-state index contributed by atoms with van der Waals surface area (Å²) in [7, 11) is 1.46. The Morgan fingerprint density at radius 1 is 1.38 bits per heavy atom. The van der Waals surface area contributed by atoms with E-state index in [1.165, 1.54) is 13.2 Å². The number of nitrogens with zero attached hydrogens (tertiary/aromatic N) is 3. The van der Waals surface area contributed by atoms with Crippen LogP contribution in [0.25, 0.3) is 0 Å². The molecule has 0 radical (unpaired) electrons. The highest BCUT2D eigenvalue weighted by Gasteiger charge is 2.06. The topological polar surface area (TPSA) is 64.4 Å². The van der Waals surface area contributed by atoms with E-state index in [2.05, 4.69) is 15.0 Å². The fourth-order valence-electron chi connectivity index (χ4n) is 0.832. The number of ether oxygens (including phenoxy) is 1. The number of methoxy groups -OCH3 is 1. The van der Waals surface area contributed by atoms with Gasteiger partial charge in [0, 0.05) is 11.3 Å². The van der Waals surface area contributed by atoms with Gasteiger partial charge in [0.2, 0.25) is 6.08 Å². The molecule has 0 aliphatic heterocycles. The molecule has 1 aromatic rings. The van der Waals surface area contributed by atoms with Crippen LogP contribution in [0.1, 0.15) is 11.3 Å². The molecule has 0 saturated heterocycles. The Bertz CT molecular complexity index is 370. The lowest BCUT2D eigenvalue weighted by Gasteiger charge is -2.03. The Hall–Kier alpha value is -1.74. The van der Waals surface area contributed by atoms with Gasteiger partial charge in [-0.1, -0.05) is 0 Å². The predicted molar refractivity (Wildman–Crippen MR) is 45.8 cm³/mol. The van der Waals surface area contributed by atoms with Gasteiger partial charge in [0.1, 0.15) is 0 Å². The molecule has 13 heavy (non-hydrogen) atoms. The first-order chi connectivity index (χ1) is 6.19. The second kappa shape index (κ2) is 3.78. The van der Waals surface area contributed by atoms with Crippen LogP contribution in [0, 0.1) is 13.8 Å². The summed E-state index contributed by atoms with van der Waals surface area (Å²) < 4.78 is 4.82. The summed E-state index contributed by atoms with van der Waals surface area (Å²) in [5.41, 5.74) is 1.49. The summed E-state index contributed by atoms with van der Waals surface area (Å²) in [6.45, 7) is 3.58. The van der Waals surface area contributed by atoms with Crippen molar-refractivity contribution in [3.05, 3.63) is 11.3 Å². The van der Waals surface area contributed by atoms with Crippen LogP contribution < -0.4 is 4.74 Å². The standard InChI is InChI=1S/C8H9N3O2/c1-5-6(2)10-8(13-3)11-7(5)9-4-12/h1-3H3. The Balaban J connectivity index is 3.32. The molecule has 0 N–H and O–H groups in total. The molecule has 0 atom stereocenters. The first-order valence-corrected chi connectivity index (χ1v) is 3.66. The van der Waals surface area contributed by atoms with Gasteiger partial charge >= 0.3 is 6.01 Å². The minimum atomic E-state index is 0.206. The molecule has 0 bridgehead atoms. The van der Waals surface area contributed by atoms with Crippen molar-refractivity contribution in [3.8, 4) is 6.01 Å². The van der Waals surface area contributed by atoms with Gasteiger partial charge in [-0.25, -0.2) is 9.78 Å². The minimum Gasteiger partial charge on any atom is -0.467 e. The van der Waals surface area contributed by atoms with E-state index in [4.69, 9.17) is 4.74 Å². The molecule has 0 aromatic carbocycles. The molecule has 68 valence electrons. The van der Waals surface area contributed by atoms with Gasteiger partial charge in [0.25, 0.3) is 0 Å². The minimum absolute atomic E-state index is 0.206. The molecule has 0 aliphatic carbocycles. The van der Waals surface area contributed by atoms with E-state index in [1.807, 2.05) is 0 Å². The lowest BCUT2D eigenvalue weighted by molar-refractivity contribution is 0.379. The van der Waals surface area contributed by atoms with Crippen LogP contribution >= 0.6 is 0 Å². The third-order valence-corrected chi connectivity index (χ3v) is 1.68. The Kier molecular flexibility index (Phi) is 2.72. The van der Waals surface area contributed by atoms with Crippen molar-refractivity contribution in [1.82, 2.24) is 9.97 Å². The number of aromatic nitrogens is 2. The zero-order valence-electron chi connectivity index (χ0n) is 7.66. The van der Waals surface area contributed by atoms with Gasteiger partial charge in [-0.2, -0.15) is 4.98 Å². The third-order valence-electron chi connectivity index (χ3n) is 1.68. The number of aliphatic imine (C=N–C) groups is 1. The molecule has 5 nitrogen and oxygen atoms in total. The highest BCUT2D eigenvalue weighted by Crippen LogP contribution is 2.19. The van der Waals surface area contributed by atoms with E-state index >= 15 is 0 Å². The SMILES string of the molecule is COc1nc(C)c(C)c(N=C=O)n1. The average Bonchev–Trinajstić information content (AvgIpc) is 2.13. The van der Waals surface area contributed by atoms with E-state index in [9.17, 15) is 4.79 Å². The van der Waals surface area contributed by atoms with Gasteiger partial charge in [0.05, 0.1) is 7.11 Å². The molecule has 0 unspecified atom stereocenters. The van der Waals surface area contributed by atoms with Crippen LogP contribution in [-0.4, -0.2) is 23.2 Å². The number of rotatable bonds is 2. The molecule has 0 amide bonds. The van der Waals surface area contributed by atoms with E-state index in [-0.39, 0.29) is 6.01 Å². The molecular weight excluding hydrogens is 170 g/mol. The van der Waals surface area contributed by atoms with E-state index in [0.29, 0.717) is 5.82 Å². The summed E-state index contributed by atoms with van der Waals surface area (Å²) in [5, 5.41) is 0. The van der Waals surface area contributed by atoms with Gasteiger partial charge in [-0.3, -0.25) is 0 Å². The number of carbonyl (C=O) groups excluding carboxylic acids is 1. The number of hydrogen-bond acceptors (Lipinski definition) is 5. The zero-order valence-corrected chi connectivity index (χ0v) is 7.66. The largest absolute Gasteiger partial charge is 0.467 e. The normalized spacial score (nSPS) is 9.15. The van der Waals surface area contributed by atoms with Crippen molar-refractivity contribution in [2.24, 2.45) is 4.99 Å². The second-order valence-corrected chi connectivity index (χ2v) is 2.45. The van der Waals surface area contributed by atoms with Crippen molar-refractivity contribution in [2.75, 3.05) is 7.11 Å². The van der Waals surface area contributed by atoms with E-state index < -0.39 is 0 Å². The van der Waals surface area contributed by atoms with Crippen LogP contribution in [0.15, 0.2) is 4.99 Å². The number of hydrogen-bond donors (Lipinski definition) is 0. The lowest BCUT2D eigenvalue weighted by Crippen LogP contribution is -1.96. The number of isocyanates is 1. The van der Waals surface area contributed by atoms with Gasteiger partial charge in [0.15, 0.2) is 5.82 Å². The fourth-order valence-corrected chi connectivity index (χ4v) is 0.832. The number of aryl methyl sites for hydroxylation is 1. The average molecular weight is 179 g/mol. The Morgan fingerprint density at radius 2 is 2.08 bits per heavy atom. The lowest BCUT2D eigenvalue weighted by atomic mass is 10.2. The van der Waals surface area contributed by atoms with Crippen LogP contribution in [0.5, 0.6) is 6.01 Å². The first-order valence-electron chi connectivity index (χ1n) is 3.66. The van der Waals surface area contributed by atoms with Crippen LogP contribution in [0.2, 0.25) is 0 Å². The predicted octanol–water partition coefficient (Wildman–Crippen LogP) is 1.07. The summed E-state index contributed by atoms with van der Waals surface area (Å²) in [5.74, 6) is 0.305. The summed E-state index contributed by atoms with van der Waals surface area (Å²) in [6, 6.07) is 0.206. The first kappa shape index (κ1) is 9.35. The highest BCUT2D eigenvalue weighted by atomic mass is 16.5. The van der Waals surface area contributed by atoms with Crippen molar-refractivity contribution in [3.63, 3.8) is 0 Å². The molecule has 0 spiro atoms. The van der Waals surface area contributed by atoms with Gasteiger partial charge in [-0.05, 0) is 13.8 Å². The van der Waals surface area contributed by atoms with Crippen molar-refractivity contribution in [1.29, 1.82) is 0 Å². The maximum Gasteiger partial charge on any atom is 0.318 e. The van der Waals surface area contributed by atoms with Crippen LogP contribution in [-0.2, 0) is 4.79 Å². The van der Waals surface area contributed by atoms with E-state index in [1.54, 1.807) is 13.8 Å². The van der Waals surface area contributed by atoms with Gasteiger partial charge < -0.3 is 4.74 Å². The molecule has 0 saturated carbocycles. The van der Waals surface area contributed by atoms with Crippen molar-refractivity contribution >= 4 is 11.9 Å². The van der Waals surface area contributed by atoms with Crippen LogP contribution in [0.4, 0.5) is 5.82 Å². The van der Waals surface area contributed by atoms with Crippen molar-refractivity contribution < 1.29 is 9.53 Å². The quantitative estimate of drug-likeness (QED) is 0.503. The summed E-state index contributed by atoms with van der Waals surface area (Å²) in [4.78, 5) is 21.4. The second-order valence-electron chi connectivity index (χ2n) is 2.45. The highest BCUT2D eigenvalue weighted by molar-refractivity contribution is 5.49. The molecule has 0 fully saturated rings. The fraction of sp³-hybridized carbons (Fsp3) is 0.375. The molecule has 1 rings (SSSR count). The third kappa shape index (κ3) is 1.89. The maximum absolute atomic E-state index is 10.0. The van der Waals surface area contributed by atoms with E-state index in [0.717, 1.165) is 11.3 Å². The summed E-state index contributed by atoms with van der Waals surface area (Å²) >= 11 is 0. The molecule has 1 aromatic heterocycles. The Labute approximate surface area is 75.5 Å². The molecule has 5 heteroatoms. The zero-order chi connectivity index (χ0) is 9.84. The monoisotopic (exact) mass is 179 g/mol. The van der Waals surface area contributed by atoms with Gasteiger partial charge in [-0.15, -0.1) is 4.99 Å². The van der Waals surface area contributed by atoms with Crippen molar-refractivity contribution in [2.45, 2.75) is 13.8 Å².